The minimum absolute atomic E-state index is 0.00112. The molecule has 7 nitrogen and oxygen atoms in total. The fraction of sp³-hybridized carbons (Fsp3) is 0.556. The summed E-state index contributed by atoms with van der Waals surface area (Å²) in [5.41, 5.74) is 5.67. The van der Waals surface area contributed by atoms with Gasteiger partial charge in [0.1, 0.15) is 18.5 Å². The highest BCUT2D eigenvalue weighted by Crippen LogP contribution is 2.21. The quantitative estimate of drug-likeness (QED) is 0.596. The number of aromatic nitrogens is 2. The number of rotatable bonds is 3. The van der Waals surface area contributed by atoms with E-state index >= 15 is 0 Å². The van der Waals surface area contributed by atoms with Crippen molar-refractivity contribution in [3.8, 4) is 6.01 Å². The molecular formula is C9H12N4O3. The summed E-state index contributed by atoms with van der Waals surface area (Å²) in [7, 11) is 0. The van der Waals surface area contributed by atoms with E-state index < -0.39 is 4.92 Å². The van der Waals surface area contributed by atoms with E-state index in [1.54, 1.807) is 0 Å². The molecule has 0 bridgehead atoms. The van der Waals surface area contributed by atoms with Crippen molar-refractivity contribution in [2.75, 3.05) is 0 Å². The fourth-order valence-electron chi connectivity index (χ4n) is 1.70. The molecule has 1 heterocycles. The van der Waals surface area contributed by atoms with E-state index in [2.05, 4.69) is 9.97 Å². The normalized spacial score (nSPS) is 24.3. The highest BCUT2D eigenvalue weighted by molar-refractivity contribution is 5.22. The Morgan fingerprint density at radius 2 is 2.12 bits per heavy atom. The Bertz CT molecular complexity index is 381. The van der Waals surface area contributed by atoms with Crippen molar-refractivity contribution in [2.24, 2.45) is 5.73 Å². The monoisotopic (exact) mass is 224 g/mol. The van der Waals surface area contributed by atoms with Gasteiger partial charge in [-0.15, -0.1) is 0 Å². The lowest BCUT2D eigenvalue weighted by atomic mass is 10.2. The molecule has 1 aliphatic rings. The Hall–Kier alpha value is -1.76. The van der Waals surface area contributed by atoms with Crippen LogP contribution in [-0.4, -0.2) is 27.0 Å². The molecule has 2 N–H and O–H groups in total. The molecule has 2 rings (SSSR count). The lowest BCUT2D eigenvalue weighted by Crippen LogP contribution is -2.34. The van der Waals surface area contributed by atoms with Gasteiger partial charge in [0.2, 0.25) is 0 Å². The SMILES string of the molecule is NC1CCCC1Oc1ncc([N+](=O)[O-])cn1. The smallest absolute Gasteiger partial charge is 0.317 e. The third-order valence-corrected chi connectivity index (χ3v) is 2.59. The van der Waals surface area contributed by atoms with Crippen molar-refractivity contribution in [1.82, 2.24) is 9.97 Å². The minimum atomic E-state index is -0.551. The minimum Gasteiger partial charge on any atom is -0.458 e. The zero-order valence-electron chi connectivity index (χ0n) is 8.57. The van der Waals surface area contributed by atoms with Gasteiger partial charge < -0.3 is 10.5 Å². The van der Waals surface area contributed by atoms with E-state index in [9.17, 15) is 10.1 Å². The maximum absolute atomic E-state index is 10.4. The molecule has 1 aromatic rings. The van der Waals surface area contributed by atoms with Crippen LogP contribution in [0.15, 0.2) is 12.4 Å². The number of hydrogen-bond acceptors (Lipinski definition) is 6. The molecule has 7 heteroatoms. The third-order valence-electron chi connectivity index (χ3n) is 2.59. The first-order valence-corrected chi connectivity index (χ1v) is 5.05. The van der Waals surface area contributed by atoms with Gasteiger partial charge in [0.05, 0.1) is 4.92 Å². The summed E-state index contributed by atoms with van der Waals surface area (Å²) in [6.45, 7) is 0. The maximum Gasteiger partial charge on any atom is 0.317 e. The van der Waals surface area contributed by atoms with Gasteiger partial charge in [-0.1, -0.05) is 0 Å². The van der Waals surface area contributed by atoms with Crippen LogP contribution in [0.2, 0.25) is 0 Å². The summed E-state index contributed by atoms with van der Waals surface area (Å²) in [5, 5.41) is 10.4. The molecule has 1 fully saturated rings. The fourth-order valence-corrected chi connectivity index (χ4v) is 1.70. The van der Waals surface area contributed by atoms with Gasteiger partial charge in [0.15, 0.2) is 0 Å². The van der Waals surface area contributed by atoms with E-state index in [0.717, 1.165) is 31.7 Å². The lowest BCUT2D eigenvalue weighted by Gasteiger charge is -2.15. The van der Waals surface area contributed by atoms with Gasteiger partial charge in [0.25, 0.3) is 0 Å². The zero-order valence-corrected chi connectivity index (χ0v) is 8.57. The van der Waals surface area contributed by atoms with E-state index in [-0.39, 0.29) is 23.8 Å². The Balaban J connectivity index is 2.02. The molecule has 1 aliphatic carbocycles. The second kappa shape index (κ2) is 4.40. The number of nitro groups is 1. The molecule has 2 atom stereocenters. The van der Waals surface area contributed by atoms with Gasteiger partial charge in [-0.3, -0.25) is 10.1 Å². The predicted molar refractivity (Wildman–Crippen MR) is 54.9 cm³/mol. The van der Waals surface area contributed by atoms with Crippen molar-refractivity contribution in [3.05, 3.63) is 22.5 Å². The Morgan fingerprint density at radius 1 is 1.44 bits per heavy atom. The largest absolute Gasteiger partial charge is 0.458 e. The standard InChI is InChI=1S/C9H12N4O3/c10-7-2-1-3-8(7)16-9-11-4-6(5-12-9)13(14)15/h4-5,7-8H,1-3,10H2. The van der Waals surface area contributed by atoms with Gasteiger partial charge >= 0.3 is 11.7 Å². The van der Waals surface area contributed by atoms with Gasteiger partial charge in [-0.25, -0.2) is 0 Å². The average molecular weight is 224 g/mol. The van der Waals surface area contributed by atoms with Crippen molar-refractivity contribution >= 4 is 5.69 Å². The first-order valence-electron chi connectivity index (χ1n) is 5.05. The Kier molecular flexibility index (Phi) is 2.95. The van der Waals surface area contributed by atoms with Gasteiger partial charge in [-0.05, 0) is 19.3 Å². The molecule has 0 saturated heterocycles. The van der Waals surface area contributed by atoms with E-state index in [4.69, 9.17) is 10.5 Å². The van der Waals surface area contributed by atoms with Crippen LogP contribution >= 0.6 is 0 Å². The molecule has 1 saturated carbocycles. The predicted octanol–water partition coefficient (Wildman–Crippen LogP) is 0.643. The molecule has 0 amide bonds. The summed E-state index contributed by atoms with van der Waals surface area (Å²) in [6.07, 6.45) is 5.00. The molecular weight excluding hydrogens is 212 g/mol. The number of nitrogens with two attached hydrogens (primary N) is 1. The van der Waals surface area contributed by atoms with E-state index in [1.807, 2.05) is 0 Å². The summed E-state index contributed by atoms with van der Waals surface area (Å²) in [4.78, 5) is 17.4. The summed E-state index contributed by atoms with van der Waals surface area (Å²) in [5.74, 6) is 0. The first-order chi connectivity index (χ1) is 7.66. The molecule has 0 radical (unpaired) electrons. The second-order valence-electron chi connectivity index (χ2n) is 3.73. The number of nitrogens with zero attached hydrogens (tertiary/aromatic N) is 3. The highest BCUT2D eigenvalue weighted by atomic mass is 16.6. The van der Waals surface area contributed by atoms with Crippen LogP contribution < -0.4 is 10.5 Å². The van der Waals surface area contributed by atoms with E-state index in [1.165, 1.54) is 0 Å². The van der Waals surface area contributed by atoms with Gasteiger partial charge in [0, 0.05) is 6.04 Å². The maximum atomic E-state index is 10.4. The summed E-state index contributed by atoms with van der Waals surface area (Å²) in [6, 6.07) is 0.145. The average Bonchev–Trinajstić information content (AvgIpc) is 2.65. The van der Waals surface area contributed by atoms with Crippen molar-refractivity contribution < 1.29 is 9.66 Å². The van der Waals surface area contributed by atoms with Crippen LogP contribution in [0.5, 0.6) is 6.01 Å². The zero-order chi connectivity index (χ0) is 11.5. The Morgan fingerprint density at radius 3 is 2.62 bits per heavy atom. The summed E-state index contributed by atoms with van der Waals surface area (Å²) >= 11 is 0. The highest BCUT2D eigenvalue weighted by Gasteiger charge is 2.26. The molecule has 2 unspecified atom stereocenters. The van der Waals surface area contributed by atoms with Crippen LogP contribution in [0.25, 0.3) is 0 Å². The van der Waals surface area contributed by atoms with Crippen LogP contribution in [0.3, 0.4) is 0 Å². The molecule has 86 valence electrons. The van der Waals surface area contributed by atoms with Crippen molar-refractivity contribution in [1.29, 1.82) is 0 Å². The second-order valence-corrected chi connectivity index (χ2v) is 3.73. The number of ether oxygens (including phenoxy) is 1. The Labute approximate surface area is 91.8 Å². The molecule has 0 aliphatic heterocycles. The molecule has 1 aromatic heterocycles. The van der Waals surface area contributed by atoms with Crippen LogP contribution in [-0.2, 0) is 0 Å². The van der Waals surface area contributed by atoms with Crippen LogP contribution in [0.1, 0.15) is 19.3 Å². The topological polar surface area (TPSA) is 104 Å². The lowest BCUT2D eigenvalue weighted by molar-refractivity contribution is -0.385. The third kappa shape index (κ3) is 2.25. The molecule has 16 heavy (non-hydrogen) atoms. The van der Waals surface area contributed by atoms with Crippen LogP contribution in [0, 0.1) is 10.1 Å². The molecule has 0 spiro atoms. The first kappa shape index (κ1) is 10.7. The van der Waals surface area contributed by atoms with Crippen LogP contribution in [0.4, 0.5) is 5.69 Å². The van der Waals surface area contributed by atoms with Crippen molar-refractivity contribution in [3.63, 3.8) is 0 Å². The van der Waals surface area contributed by atoms with Gasteiger partial charge in [-0.2, -0.15) is 9.97 Å². The summed E-state index contributed by atoms with van der Waals surface area (Å²) < 4.78 is 5.45. The molecule has 0 aromatic carbocycles. The van der Waals surface area contributed by atoms with E-state index in [0.29, 0.717) is 0 Å². The van der Waals surface area contributed by atoms with Crippen molar-refractivity contribution in [2.45, 2.75) is 31.4 Å². The number of hydrogen-bond donors (Lipinski definition) is 1.